The van der Waals surface area contributed by atoms with Crippen LogP contribution < -0.4 is 10.6 Å². The fourth-order valence-corrected chi connectivity index (χ4v) is 2.45. The summed E-state index contributed by atoms with van der Waals surface area (Å²) in [6, 6.07) is 5.27. The van der Waals surface area contributed by atoms with E-state index in [0.717, 1.165) is 12.1 Å². The molecule has 6 heteroatoms. The Morgan fingerprint density at radius 2 is 2.21 bits per heavy atom. The molecule has 2 rings (SSSR count). The van der Waals surface area contributed by atoms with Crippen LogP contribution in [0.4, 0.5) is 0 Å². The first-order valence-electron chi connectivity index (χ1n) is 6.12. The SMILES string of the molecule is CC(=O)N[C@@H]1CNCCO[C@@H]1c1ccc(Cl)c(Cl)c1. The molecule has 1 heterocycles. The molecule has 104 valence electrons. The Kier molecular flexibility index (Phi) is 5.05. The lowest BCUT2D eigenvalue weighted by atomic mass is 10.0. The fraction of sp³-hybridized carbons (Fsp3) is 0.462. The number of carbonyl (C=O) groups excluding carboxylic acids is 1. The summed E-state index contributed by atoms with van der Waals surface area (Å²) in [6.07, 6.45) is -0.228. The van der Waals surface area contributed by atoms with Crippen LogP contribution >= 0.6 is 23.2 Å². The Morgan fingerprint density at radius 1 is 1.42 bits per heavy atom. The van der Waals surface area contributed by atoms with Gasteiger partial charge in [-0.05, 0) is 17.7 Å². The summed E-state index contributed by atoms with van der Waals surface area (Å²) in [6.45, 7) is 3.50. The molecule has 1 aliphatic rings. The van der Waals surface area contributed by atoms with Gasteiger partial charge in [-0.2, -0.15) is 0 Å². The maximum Gasteiger partial charge on any atom is 0.217 e. The Labute approximate surface area is 122 Å². The van der Waals surface area contributed by atoms with Gasteiger partial charge in [-0.15, -0.1) is 0 Å². The van der Waals surface area contributed by atoms with Gasteiger partial charge in [0.25, 0.3) is 0 Å². The molecular formula is C13H16Cl2N2O2. The summed E-state index contributed by atoms with van der Waals surface area (Å²) in [5.41, 5.74) is 0.914. The Balaban J connectivity index is 2.25. The van der Waals surface area contributed by atoms with E-state index in [1.54, 1.807) is 12.1 Å². The quantitative estimate of drug-likeness (QED) is 0.880. The van der Waals surface area contributed by atoms with Crippen molar-refractivity contribution in [2.75, 3.05) is 19.7 Å². The molecular weight excluding hydrogens is 287 g/mol. The molecule has 0 unspecified atom stereocenters. The van der Waals surface area contributed by atoms with Crippen LogP contribution in [0.3, 0.4) is 0 Å². The largest absolute Gasteiger partial charge is 0.370 e. The summed E-state index contributed by atoms with van der Waals surface area (Å²) in [7, 11) is 0. The van der Waals surface area contributed by atoms with Gasteiger partial charge in [0.2, 0.25) is 5.91 Å². The lowest BCUT2D eigenvalue weighted by molar-refractivity contribution is -0.120. The second-order valence-corrected chi connectivity index (χ2v) is 5.29. The van der Waals surface area contributed by atoms with Crippen molar-refractivity contribution in [1.82, 2.24) is 10.6 Å². The number of amides is 1. The van der Waals surface area contributed by atoms with E-state index in [4.69, 9.17) is 27.9 Å². The highest BCUT2D eigenvalue weighted by Gasteiger charge is 2.27. The number of carbonyl (C=O) groups is 1. The Bertz CT molecular complexity index is 468. The molecule has 0 aliphatic carbocycles. The molecule has 1 aromatic carbocycles. The minimum absolute atomic E-state index is 0.0811. The smallest absolute Gasteiger partial charge is 0.217 e. The van der Waals surface area contributed by atoms with Gasteiger partial charge in [-0.1, -0.05) is 29.3 Å². The minimum atomic E-state index is -0.228. The molecule has 1 aromatic rings. The topological polar surface area (TPSA) is 50.4 Å². The van der Waals surface area contributed by atoms with Crippen molar-refractivity contribution in [1.29, 1.82) is 0 Å². The highest BCUT2D eigenvalue weighted by Crippen LogP contribution is 2.29. The molecule has 19 heavy (non-hydrogen) atoms. The molecule has 0 radical (unpaired) electrons. The van der Waals surface area contributed by atoms with Gasteiger partial charge in [-0.3, -0.25) is 4.79 Å². The maximum atomic E-state index is 11.3. The first-order valence-corrected chi connectivity index (χ1v) is 6.88. The van der Waals surface area contributed by atoms with Crippen LogP contribution in [0.2, 0.25) is 10.0 Å². The van der Waals surface area contributed by atoms with E-state index < -0.39 is 0 Å². The first-order chi connectivity index (χ1) is 9.08. The van der Waals surface area contributed by atoms with Gasteiger partial charge >= 0.3 is 0 Å². The predicted molar refractivity (Wildman–Crippen MR) is 75.6 cm³/mol. The van der Waals surface area contributed by atoms with E-state index in [9.17, 15) is 4.79 Å². The minimum Gasteiger partial charge on any atom is -0.370 e. The molecule has 0 spiro atoms. The number of benzene rings is 1. The van der Waals surface area contributed by atoms with Crippen molar-refractivity contribution in [2.24, 2.45) is 0 Å². The average Bonchev–Trinajstić information content (AvgIpc) is 2.57. The number of halogens is 2. The Hall–Kier alpha value is -0.810. The zero-order valence-electron chi connectivity index (χ0n) is 10.6. The number of ether oxygens (including phenoxy) is 1. The average molecular weight is 303 g/mol. The molecule has 2 atom stereocenters. The Morgan fingerprint density at radius 3 is 2.89 bits per heavy atom. The monoisotopic (exact) mass is 302 g/mol. The zero-order valence-corrected chi connectivity index (χ0v) is 12.1. The molecule has 0 aromatic heterocycles. The third-order valence-corrected chi connectivity index (χ3v) is 3.71. The number of hydrogen-bond donors (Lipinski definition) is 2. The van der Waals surface area contributed by atoms with Gasteiger partial charge in [0.15, 0.2) is 0 Å². The third-order valence-electron chi connectivity index (χ3n) is 2.97. The standard InChI is InChI=1S/C13H16Cl2N2O2/c1-8(18)17-12-7-16-4-5-19-13(12)9-2-3-10(14)11(15)6-9/h2-3,6,12-13,16H,4-5,7H2,1H3,(H,17,18)/t12-,13-/m1/s1. The summed E-state index contributed by atoms with van der Waals surface area (Å²) in [5.74, 6) is -0.0811. The van der Waals surface area contributed by atoms with Crippen LogP contribution in [0, 0.1) is 0 Å². The predicted octanol–water partition coefficient (Wildman–Crippen LogP) is 2.16. The molecule has 4 nitrogen and oxygen atoms in total. The highest BCUT2D eigenvalue weighted by molar-refractivity contribution is 6.42. The number of nitrogens with one attached hydrogen (secondary N) is 2. The molecule has 0 bridgehead atoms. The van der Waals surface area contributed by atoms with E-state index >= 15 is 0 Å². The molecule has 1 fully saturated rings. The van der Waals surface area contributed by atoms with E-state index in [2.05, 4.69) is 10.6 Å². The highest BCUT2D eigenvalue weighted by atomic mass is 35.5. The molecule has 1 saturated heterocycles. The zero-order chi connectivity index (χ0) is 13.8. The second kappa shape index (κ2) is 6.57. The molecule has 0 saturated carbocycles. The molecule has 1 aliphatic heterocycles. The van der Waals surface area contributed by atoms with Crippen LogP contribution in [0.1, 0.15) is 18.6 Å². The van der Waals surface area contributed by atoms with Gasteiger partial charge < -0.3 is 15.4 Å². The lowest BCUT2D eigenvalue weighted by Gasteiger charge is -2.25. The van der Waals surface area contributed by atoms with Crippen molar-refractivity contribution >= 4 is 29.1 Å². The van der Waals surface area contributed by atoms with E-state index in [-0.39, 0.29) is 18.1 Å². The molecule has 2 N–H and O–H groups in total. The van der Waals surface area contributed by atoms with Gasteiger partial charge in [-0.25, -0.2) is 0 Å². The summed E-state index contributed by atoms with van der Waals surface area (Å²) in [4.78, 5) is 11.3. The van der Waals surface area contributed by atoms with Crippen molar-refractivity contribution in [2.45, 2.75) is 19.1 Å². The second-order valence-electron chi connectivity index (χ2n) is 4.48. The normalized spacial score (nSPS) is 23.7. The number of hydrogen-bond acceptors (Lipinski definition) is 3. The van der Waals surface area contributed by atoms with Gasteiger partial charge in [0.05, 0.1) is 22.7 Å². The summed E-state index contributed by atoms with van der Waals surface area (Å²) >= 11 is 12.0. The van der Waals surface area contributed by atoms with Crippen LogP contribution in [0.25, 0.3) is 0 Å². The van der Waals surface area contributed by atoms with Gasteiger partial charge in [0.1, 0.15) is 6.10 Å². The molecule has 1 amide bonds. The van der Waals surface area contributed by atoms with Crippen molar-refractivity contribution in [3.63, 3.8) is 0 Å². The van der Waals surface area contributed by atoms with E-state index in [1.165, 1.54) is 6.92 Å². The van der Waals surface area contributed by atoms with Crippen LogP contribution in [0.15, 0.2) is 18.2 Å². The first kappa shape index (κ1) is 14.6. The van der Waals surface area contributed by atoms with Crippen LogP contribution in [-0.4, -0.2) is 31.6 Å². The number of rotatable bonds is 2. The van der Waals surface area contributed by atoms with Crippen LogP contribution in [0.5, 0.6) is 0 Å². The van der Waals surface area contributed by atoms with Crippen LogP contribution in [-0.2, 0) is 9.53 Å². The van der Waals surface area contributed by atoms with Crippen molar-refractivity contribution in [3.8, 4) is 0 Å². The van der Waals surface area contributed by atoms with Gasteiger partial charge in [0, 0.05) is 20.0 Å². The maximum absolute atomic E-state index is 11.3. The summed E-state index contributed by atoms with van der Waals surface area (Å²) < 4.78 is 5.82. The lowest BCUT2D eigenvalue weighted by Crippen LogP contribution is -2.43. The van der Waals surface area contributed by atoms with Crippen molar-refractivity contribution < 1.29 is 9.53 Å². The van der Waals surface area contributed by atoms with E-state index in [1.807, 2.05) is 6.07 Å². The van der Waals surface area contributed by atoms with E-state index in [0.29, 0.717) is 23.2 Å². The summed E-state index contributed by atoms with van der Waals surface area (Å²) in [5, 5.41) is 7.13. The fourth-order valence-electron chi connectivity index (χ4n) is 2.14. The third kappa shape index (κ3) is 3.83. The van der Waals surface area contributed by atoms with Crippen molar-refractivity contribution in [3.05, 3.63) is 33.8 Å².